The van der Waals surface area contributed by atoms with Gasteiger partial charge in [-0.05, 0) is 115 Å². The van der Waals surface area contributed by atoms with Crippen molar-refractivity contribution in [3.05, 3.63) is 325 Å². The largest absolute Gasteiger partial charge is 0.484 e. The number of hydrogen-bond acceptors (Lipinski definition) is 4. The summed E-state index contributed by atoms with van der Waals surface area (Å²) in [6.07, 6.45) is 4.21. The number of rotatable bonds is 8. The van der Waals surface area contributed by atoms with Gasteiger partial charge in [-0.15, -0.1) is 0 Å². The van der Waals surface area contributed by atoms with Crippen LogP contribution in [0.1, 0.15) is 34.0 Å². The summed E-state index contributed by atoms with van der Waals surface area (Å²) in [7, 11) is 0. The zero-order valence-corrected chi connectivity index (χ0v) is 44.1. The van der Waals surface area contributed by atoms with Gasteiger partial charge in [0.2, 0.25) is 0 Å². The molecular formula is C76H50N4O. The van der Waals surface area contributed by atoms with Crippen molar-refractivity contribution in [2.24, 2.45) is 0 Å². The van der Waals surface area contributed by atoms with E-state index in [1.54, 1.807) is 0 Å². The average Bonchev–Trinajstić information content (AvgIpc) is 2.85. The van der Waals surface area contributed by atoms with Crippen molar-refractivity contribution in [3.8, 4) is 78.7 Å². The smallest absolute Gasteiger partial charge is 0.163 e. The zero-order chi connectivity index (χ0) is 53.4. The second kappa shape index (κ2) is 18.9. The molecule has 380 valence electrons. The maximum Gasteiger partial charge on any atom is 0.163 e. The number of para-hydroxylation sites is 1. The fourth-order valence-electron chi connectivity index (χ4n) is 13.2. The lowest BCUT2D eigenvalue weighted by Gasteiger charge is -2.48. The molecule has 0 radical (unpaired) electrons. The van der Waals surface area contributed by atoms with Gasteiger partial charge >= 0.3 is 0 Å². The molecular weight excluding hydrogens is 985 g/mol. The van der Waals surface area contributed by atoms with Gasteiger partial charge in [0.05, 0.1) is 22.4 Å². The van der Waals surface area contributed by atoms with Gasteiger partial charge in [0.1, 0.15) is 17.7 Å². The molecule has 0 amide bonds. The number of nitrogens with zero attached hydrogens (tertiary/aromatic N) is 4. The van der Waals surface area contributed by atoms with Crippen molar-refractivity contribution in [1.29, 1.82) is 0 Å². The highest BCUT2D eigenvalue weighted by Crippen LogP contribution is 2.65. The predicted octanol–water partition coefficient (Wildman–Crippen LogP) is 18.2. The van der Waals surface area contributed by atoms with Gasteiger partial charge in [-0.2, -0.15) is 0 Å². The van der Waals surface area contributed by atoms with Crippen LogP contribution in [0.3, 0.4) is 0 Å². The van der Waals surface area contributed by atoms with Crippen molar-refractivity contribution < 1.29 is 4.74 Å². The Morgan fingerprint density at radius 1 is 0.358 bits per heavy atom. The van der Waals surface area contributed by atoms with Crippen LogP contribution in [0.4, 0.5) is 0 Å². The van der Waals surface area contributed by atoms with E-state index < -0.39 is 17.4 Å². The van der Waals surface area contributed by atoms with E-state index in [2.05, 4.69) is 259 Å². The minimum absolute atomic E-state index is 0.470. The first kappa shape index (κ1) is 46.6. The standard InChI is InChI=1S/C76H50N4O/c1-7-23-49(24-8-1)54-39-41-69-62(43-54)63-44-55(40-42-70(63)80(69)58-33-17-6-18-34-58)61-45-56(50-25-9-2-10-26-50)47-67-71(61)81-72-64(75-78-73(52-29-13-4-14-30-52)77-74(79-75)53-31-15-5-16-32-53)46-57(51-27-11-3-12-28-51)48-68(72)76(67)65-37-21-19-35-59(65)60-36-20-22-38-66(60)76/h1-48,64,72H. The SMILES string of the molecule is C1=C(c2ccccc2)C=C2C(Oc3c(-c4ccc5c(c4)c4cc(-c6ccccc6)ccc4n5-c4ccccc4)cc(-c4ccccc4)cc3C23c2ccccc2-c2ccccc23)C1c1nc(-c2ccccc2)nc(-c2ccccc2)n1. The van der Waals surface area contributed by atoms with Gasteiger partial charge in [0, 0.05) is 38.7 Å². The third-order valence-electron chi connectivity index (χ3n) is 16.9. The number of aromatic nitrogens is 4. The fourth-order valence-corrected chi connectivity index (χ4v) is 13.2. The van der Waals surface area contributed by atoms with Gasteiger partial charge in [-0.25, -0.2) is 15.0 Å². The topological polar surface area (TPSA) is 52.8 Å². The molecule has 2 atom stereocenters. The van der Waals surface area contributed by atoms with E-state index in [9.17, 15) is 0 Å². The molecule has 3 aliphatic rings. The quantitative estimate of drug-likeness (QED) is 0.152. The van der Waals surface area contributed by atoms with Crippen molar-refractivity contribution >= 4 is 27.4 Å². The van der Waals surface area contributed by atoms with Gasteiger partial charge in [0.15, 0.2) is 11.6 Å². The van der Waals surface area contributed by atoms with E-state index in [4.69, 9.17) is 19.7 Å². The Bertz CT molecular complexity index is 4540. The maximum atomic E-state index is 8.10. The Kier molecular flexibility index (Phi) is 10.9. The molecule has 81 heavy (non-hydrogen) atoms. The van der Waals surface area contributed by atoms with Gasteiger partial charge in [0.25, 0.3) is 0 Å². The van der Waals surface area contributed by atoms with Crippen LogP contribution in [0.25, 0.3) is 100 Å². The molecule has 16 rings (SSSR count). The molecule has 3 heterocycles. The summed E-state index contributed by atoms with van der Waals surface area (Å²) in [5.74, 6) is 2.22. The van der Waals surface area contributed by atoms with Crippen molar-refractivity contribution in [2.45, 2.75) is 17.4 Å². The highest BCUT2D eigenvalue weighted by molar-refractivity contribution is 6.12. The van der Waals surface area contributed by atoms with E-state index in [0.29, 0.717) is 17.5 Å². The Morgan fingerprint density at radius 2 is 0.827 bits per heavy atom. The summed E-state index contributed by atoms with van der Waals surface area (Å²) < 4.78 is 10.5. The maximum absolute atomic E-state index is 8.10. The third kappa shape index (κ3) is 7.50. The predicted molar refractivity (Wildman–Crippen MR) is 329 cm³/mol. The molecule has 2 unspecified atom stereocenters. The molecule has 1 spiro atoms. The monoisotopic (exact) mass is 1030 g/mol. The van der Waals surface area contributed by atoms with Crippen LogP contribution in [-0.4, -0.2) is 25.6 Å². The van der Waals surface area contributed by atoms with E-state index in [1.807, 2.05) is 36.4 Å². The summed E-state index contributed by atoms with van der Waals surface area (Å²) in [5.41, 5.74) is 20.3. The Hall–Kier alpha value is -10.5. The van der Waals surface area contributed by atoms with Gasteiger partial charge in [-0.3, -0.25) is 0 Å². The lowest BCUT2D eigenvalue weighted by Crippen LogP contribution is -2.46. The van der Waals surface area contributed by atoms with Crippen molar-refractivity contribution in [1.82, 2.24) is 19.5 Å². The molecule has 11 aromatic carbocycles. The van der Waals surface area contributed by atoms with Crippen LogP contribution in [0, 0.1) is 0 Å². The number of allylic oxidation sites excluding steroid dienone is 2. The molecule has 0 saturated carbocycles. The normalized spacial score (nSPS) is 15.5. The highest BCUT2D eigenvalue weighted by atomic mass is 16.5. The summed E-state index contributed by atoms with van der Waals surface area (Å²) >= 11 is 0. The van der Waals surface area contributed by atoms with Crippen LogP contribution in [-0.2, 0) is 5.41 Å². The Labute approximate surface area is 470 Å². The summed E-state index contributed by atoms with van der Waals surface area (Å²) in [4.78, 5) is 16.2. The van der Waals surface area contributed by atoms with Crippen LogP contribution in [0.15, 0.2) is 297 Å². The molecule has 0 saturated heterocycles. The highest BCUT2D eigenvalue weighted by Gasteiger charge is 2.57. The molecule has 2 aliphatic carbocycles. The average molecular weight is 1040 g/mol. The molecule has 5 nitrogen and oxygen atoms in total. The van der Waals surface area contributed by atoms with E-state index in [0.717, 1.165) is 83.5 Å². The number of hydrogen-bond donors (Lipinski definition) is 0. The minimum Gasteiger partial charge on any atom is -0.484 e. The van der Waals surface area contributed by atoms with Crippen molar-refractivity contribution in [2.75, 3.05) is 0 Å². The first-order valence-corrected chi connectivity index (χ1v) is 27.8. The van der Waals surface area contributed by atoms with Gasteiger partial charge in [-0.1, -0.05) is 243 Å². The van der Waals surface area contributed by atoms with Gasteiger partial charge < -0.3 is 9.30 Å². The van der Waals surface area contributed by atoms with Crippen LogP contribution < -0.4 is 4.74 Å². The molecule has 5 heteroatoms. The summed E-state index contributed by atoms with van der Waals surface area (Å²) in [6.45, 7) is 0. The lowest BCUT2D eigenvalue weighted by molar-refractivity contribution is 0.186. The third-order valence-corrected chi connectivity index (χ3v) is 16.9. The molecule has 0 N–H and O–H groups in total. The molecule has 0 bridgehead atoms. The molecule has 13 aromatic rings. The summed E-state index contributed by atoms with van der Waals surface area (Å²) in [5, 5.41) is 2.33. The Balaban J connectivity index is 1.01. The number of benzene rings is 11. The van der Waals surface area contributed by atoms with E-state index in [-0.39, 0.29) is 0 Å². The lowest BCUT2D eigenvalue weighted by atomic mass is 9.60. The van der Waals surface area contributed by atoms with Crippen molar-refractivity contribution in [3.63, 3.8) is 0 Å². The molecule has 2 aromatic heterocycles. The zero-order valence-electron chi connectivity index (χ0n) is 44.1. The number of fused-ring (bicyclic) bond motifs is 12. The van der Waals surface area contributed by atoms with E-state index in [1.165, 1.54) is 38.8 Å². The fraction of sp³-hybridized carbons (Fsp3) is 0.0395. The minimum atomic E-state index is -0.826. The second-order valence-corrected chi connectivity index (χ2v) is 21.3. The van der Waals surface area contributed by atoms with Crippen LogP contribution >= 0.6 is 0 Å². The second-order valence-electron chi connectivity index (χ2n) is 21.3. The Morgan fingerprint density at radius 3 is 1.40 bits per heavy atom. The first-order valence-electron chi connectivity index (χ1n) is 27.8. The first-order chi connectivity index (χ1) is 40.2. The van der Waals surface area contributed by atoms with Crippen LogP contribution in [0.5, 0.6) is 5.75 Å². The van der Waals surface area contributed by atoms with Crippen LogP contribution in [0.2, 0.25) is 0 Å². The number of ether oxygens (including phenoxy) is 1. The summed E-state index contributed by atoms with van der Waals surface area (Å²) in [6, 6.07) is 100. The van der Waals surface area contributed by atoms with E-state index >= 15 is 0 Å². The molecule has 1 aliphatic heterocycles. The molecule has 0 fully saturated rings.